The van der Waals surface area contributed by atoms with Crippen LogP contribution < -0.4 is 16.4 Å². The summed E-state index contributed by atoms with van der Waals surface area (Å²) in [5.41, 5.74) is 9.78. The molecule has 30 heavy (non-hydrogen) atoms. The molecule has 5 N–H and O–H groups in total. The molecule has 0 radical (unpaired) electrons. The van der Waals surface area contributed by atoms with Gasteiger partial charge in [-0.1, -0.05) is 12.1 Å². The second-order valence-corrected chi connectivity index (χ2v) is 8.92. The van der Waals surface area contributed by atoms with Crippen molar-refractivity contribution in [3.63, 3.8) is 0 Å². The molecule has 3 amide bonds. The van der Waals surface area contributed by atoms with E-state index in [4.69, 9.17) is 5.73 Å². The van der Waals surface area contributed by atoms with Gasteiger partial charge in [-0.25, -0.2) is 13.2 Å². The normalized spacial score (nSPS) is 14.4. The number of aromatic amines is 1. The summed E-state index contributed by atoms with van der Waals surface area (Å²) < 4.78 is 23.2. The fraction of sp³-hybridized carbons (Fsp3) is 0.0476. The lowest BCUT2D eigenvalue weighted by atomic mass is 10.0. The van der Waals surface area contributed by atoms with Crippen molar-refractivity contribution in [1.29, 1.82) is 0 Å². The van der Waals surface area contributed by atoms with Crippen molar-refractivity contribution in [2.24, 2.45) is 5.73 Å². The van der Waals surface area contributed by atoms with E-state index < -0.39 is 15.9 Å². The zero-order valence-corrected chi connectivity index (χ0v) is 16.7. The minimum absolute atomic E-state index is 0.253. The molecule has 1 aromatic heterocycles. The number of aromatic nitrogens is 1. The third-order valence-corrected chi connectivity index (χ3v) is 5.82. The second kappa shape index (κ2) is 7.20. The number of benzene rings is 2. The number of hydrogen-bond acceptors (Lipinski definition) is 4. The minimum atomic E-state index is -3.25. The Morgan fingerprint density at radius 2 is 1.80 bits per heavy atom. The van der Waals surface area contributed by atoms with E-state index in [2.05, 4.69) is 15.6 Å². The molecule has 4 rings (SSSR count). The molecular weight excluding hydrogens is 404 g/mol. The molecule has 1 aliphatic rings. The van der Waals surface area contributed by atoms with Gasteiger partial charge in [0.2, 0.25) is 0 Å². The number of anilines is 2. The van der Waals surface area contributed by atoms with Crippen LogP contribution in [0.4, 0.5) is 16.2 Å². The number of sulfone groups is 1. The maximum absolute atomic E-state index is 12.4. The molecule has 0 fully saturated rings. The molecule has 0 spiro atoms. The second-order valence-electron chi connectivity index (χ2n) is 6.90. The zero-order valence-electron chi connectivity index (χ0n) is 15.9. The Bertz CT molecular complexity index is 1310. The molecule has 0 atom stereocenters. The Morgan fingerprint density at radius 3 is 2.47 bits per heavy atom. The first-order chi connectivity index (χ1) is 14.2. The Kier molecular flexibility index (Phi) is 4.67. The Balaban J connectivity index is 1.65. The SMILES string of the molecule is CS(=O)(=O)c1ccc(-c2c[nH]c(C=C3C(=O)Nc4ccc(NC(N)=O)cc43)c2)cc1. The number of hydrogen-bond donors (Lipinski definition) is 4. The molecular formula is C21H18N4O4S. The van der Waals surface area contributed by atoms with Crippen molar-refractivity contribution in [3.8, 4) is 11.1 Å². The van der Waals surface area contributed by atoms with Crippen molar-refractivity contribution in [3.05, 3.63) is 66.0 Å². The number of nitrogens with two attached hydrogens (primary N) is 1. The van der Waals surface area contributed by atoms with Gasteiger partial charge in [-0.3, -0.25) is 4.79 Å². The van der Waals surface area contributed by atoms with E-state index in [-0.39, 0.29) is 10.8 Å². The zero-order chi connectivity index (χ0) is 21.5. The predicted octanol–water partition coefficient (Wildman–Crippen LogP) is 3.07. The summed E-state index contributed by atoms with van der Waals surface area (Å²) in [6, 6.07) is 12.8. The van der Waals surface area contributed by atoms with Crippen LogP contribution in [0.25, 0.3) is 22.8 Å². The van der Waals surface area contributed by atoms with Crippen LogP contribution in [-0.2, 0) is 14.6 Å². The third kappa shape index (κ3) is 3.83. The summed E-state index contributed by atoms with van der Waals surface area (Å²) in [4.78, 5) is 26.9. The number of amides is 3. The van der Waals surface area contributed by atoms with Crippen LogP contribution >= 0.6 is 0 Å². The molecule has 2 heterocycles. The number of carbonyl (C=O) groups excluding carboxylic acids is 2. The molecule has 0 bridgehead atoms. The first-order valence-electron chi connectivity index (χ1n) is 8.93. The van der Waals surface area contributed by atoms with E-state index in [0.29, 0.717) is 28.2 Å². The Labute approximate surface area is 172 Å². The van der Waals surface area contributed by atoms with Crippen molar-refractivity contribution in [1.82, 2.24) is 4.98 Å². The van der Waals surface area contributed by atoms with Crippen LogP contribution in [0, 0.1) is 0 Å². The van der Waals surface area contributed by atoms with Crippen LogP contribution in [0.3, 0.4) is 0 Å². The first-order valence-corrected chi connectivity index (χ1v) is 10.8. The van der Waals surface area contributed by atoms with Crippen molar-refractivity contribution in [2.75, 3.05) is 16.9 Å². The van der Waals surface area contributed by atoms with Crippen LogP contribution in [0.1, 0.15) is 11.3 Å². The van der Waals surface area contributed by atoms with Crippen molar-refractivity contribution >= 4 is 44.8 Å². The number of H-pyrrole nitrogens is 1. The average molecular weight is 422 g/mol. The highest BCUT2D eigenvalue weighted by atomic mass is 32.2. The number of primary amides is 1. The molecule has 152 valence electrons. The highest BCUT2D eigenvalue weighted by Crippen LogP contribution is 2.35. The van der Waals surface area contributed by atoms with Gasteiger partial charge >= 0.3 is 6.03 Å². The smallest absolute Gasteiger partial charge is 0.316 e. The molecule has 1 aliphatic heterocycles. The lowest BCUT2D eigenvalue weighted by Crippen LogP contribution is -2.19. The number of carbonyl (C=O) groups is 2. The highest BCUT2D eigenvalue weighted by molar-refractivity contribution is 7.90. The van der Waals surface area contributed by atoms with E-state index in [1.165, 1.54) is 0 Å². The monoisotopic (exact) mass is 422 g/mol. The van der Waals surface area contributed by atoms with Gasteiger partial charge in [-0.2, -0.15) is 0 Å². The minimum Gasteiger partial charge on any atom is -0.361 e. The van der Waals surface area contributed by atoms with Gasteiger partial charge < -0.3 is 21.4 Å². The lowest BCUT2D eigenvalue weighted by Gasteiger charge is -2.04. The van der Waals surface area contributed by atoms with Gasteiger partial charge in [0.1, 0.15) is 0 Å². The van der Waals surface area contributed by atoms with Gasteiger partial charge in [0.25, 0.3) is 5.91 Å². The first kappa shape index (κ1) is 19.5. The maximum Gasteiger partial charge on any atom is 0.316 e. The summed E-state index contributed by atoms with van der Waals surface area (Å²) >= 11 is 0. The van der Waals surface area contributed by atoms with Crippen LogP contribution in [0.2, 0.25) is 0 Å². The van der Waals surface area contributed by atoms with Gasteiger partial charge in [0, 0.05) is 35.1 Å². The molecule has 9 heteroatoms. The summed E-state index contributed by atoms with van der Waals surface area (Å²) in [6.45, 7) is 0. The molecule has 0 saturated carbocycles. The summed E-state index contributed by atoms with van der Waals surface area (Å²) in [5.74, 6) is -0.255. The largest absolute Gasteiger partial charge is 0.361 e. The predicted molar refractivity (Wildman–Crippen MR) is 115 cm³/mol. The van der Waals surface area contributed by atoms with Crippen LogP contribution in [0.15, 0.2) is 59.6 Å². The fourth-order valence-corrected chi connectivity index (χ4v) is 3.89. The van der Waals surface area contributed by atoms with Crippen molar-refractivity contribution in [2.45, 2.75) is 4.90 Å². The fourth-order valence-electron chi connectivity index (χ4n) is 3.26. The van der Waals surface area contributed by atoms with Gasteiger partial charge in [-0.15, -0.1) is 0 Å². The highest BCUT2D eigenvalue weighted by Gasteiger charge is 2.24. The summed E-state index contributed by atoms with van der Waals surface area (Å²) in [7, 11) is -3.25. The standard InChI is InChI=1S/C21H18N4O4S/c1-30(28,29)16-5-2-12(3-6-16)13-8-15(23-11-13)10-18-17-9-14(24-21(22)27)4-7-19(17)25-20(18)26/h2-11,23H,1H3,(H,25,26)(H3,22,24,27). The quantitative estimate of drug-likeness (QED) is 0.481. The number of urea groups is 1. The summed E-state index contributed by atoms with van der Waals surface area (Å²) in [5, 5.41) is 5.28. The topological polar surface area (TPSA) is 134 Å². The maximum atomic E-state index is 12.4. The lowest BCUT2D eigenvalue weighted by molar-refractivity contribution is -0.110. The molecule has 2 aromatic carbocycles. The van der Waals surface area contributed by atoms with E-state index in [1.807, 2.05) is 6.07 Å². The average Bonchev–Trinajstić information content (AvgIpc) is 3.26. The van der Waals surface area contributed by atoms with E-state index in [0.717, 1.165) is 17.4 Å². The molecule has 8 nitrogen and oxygen atoms in total. The summed E-state index contributed by atoms with van der Waals surface area (Å²) in [6.07, 6.45) is 4.65. The molecule has 3 aromatic rings. The number of fused-ring (bicyclic) bond motifs is 1. The van der Waals surface area contributed by atoms with Crippen LogP contribution in [-0.4, -0.2) is 31.6 Å². The molecule has 0 unspecified atom stereocenters. The third-order valence-electron chi connectivity index (χ3n) is 4.69. The number of nitrogens with one attached hydrogen (secondary N) is 3. The Hall–Kier alpha value is -3.85. The Morgan fingerprint density at radius 1 is 1.07 bits per heavy atom. The van der Waals surface area contributed by atoms with E-state index in [9.17, 15) is 18.0 Å². The molecule has 0 saturated heterocycles. The van der Waals surface area contributed by atoms with E-state index in [1.54, 1.807) is 54.7 Å². The number of rotatable bonds is 4. The van der Waals surface area contributed by atoms with Crippen LogP contribution in [0.5, 0.6) is 0 Å². The van der Waals surface area contributed by atoms with E-state index >= 15 is 0 Å². The molecule has 0 aliphatic carbocycles. The van der Waals surface area contributed by atoms with Crippen molar-refractivity contribution < 1.29 is 18.0 Å². The van der Waals surface area contributed by atoms with Gasteiger partial charge in [0.05, 0.1) is 10.5 Å². The van der Waals surface area contributed by atoms with Gasteiger partial charge in [-0.05, 0) is 53.6 Å². The van der Waals surface area contributed by atoms with Gasteiger partial charge in [0.15, 0.2) is 9.84 Å².